The van der Waals surface area contributed by atoms with Crippen molar-refractivity contribution in [3.63, 3.8) is 0 Å². The SMILES string of the molecule is CC1NCCC1c1nc(C2CCc3ccccc3C2)no1. The first-order valence-electron chi connectivity index (χ1n) is 7.95. The third-order valence-electron chi connectivity index (χ3n) is 5.01. The summed E-state index contributed by atoms with van der Waals surface area (Å²) < 4.78 is 5.56. The van der Waals surface area contributed by atoms with E-state index in [4.69, 9.17) is 9.51 Å². The van der Waals surface area contributed by atoms with E-state index >= 15 is 0 Å². The Kier molecular flexibility index (Phi) is 3.26. The molecule has 21 heavy (non-hydrogen) atoms. The van der Waals surface area contributed by atoms with Gasteiger partial charge in [0, 0.05) is 12.0 Å². The average molecular weight is 283 g/mol. The van der Waals surface area contributed by atoms with Crippen molar-refractivity contribution in [1.82, 2.24) is 15.5 Å². The zero-order chi connectivity index (χ0) is 14.2. The second-order valence-corrected chi connectivity index (χ2v) is 6.34. The lowest BCUT2D eigenvalue weighted by atomic mass is 9.83. The summed E-state index contributed by atoms with van der Waals surface area (Å²) in [4.78, 5) is 4.72. The van der Waals surface area contributed by atoms with Crippen LogP contribution in [0.25, 0.3) is 0 Å². The lowest BCUT2D eigenvalue weighted by Crippen LogP contribution is -2.21. The number of hydrogen-bond acceptors (Lipinski definition) is 4. The van der Waals surface area contributed by atoms with Crippen LogP contribution in [0.4, 0.5) is 0 Å². The Labute approximate surface area is 124 Å². The van der Waals surface area contributed by atoms with Crippen LogP contribution in [0, 0.1) is 0 Å². The van der Waals surface area contributed by atoms with Gasteiger partial charge >= 0.3 is 0 Å². The van der Waals surface area contributed by atoms with Crippen LogP contribution in [-0.2, 0) is 12.8 Å². The molecule has 1 aromatic heterocycles. The first-order valence-corrected chi connectivity index (χ1v) is 7.95. The molecular formula is C17H21N3O. The van der Waals surface area contributed by atoms with Crippen LogP contribution in [0.15, 0.2) is 28.8 Å². The Hall–Kier alpha value is -1.68. The van der Waals surface area contributed by atoms with Crippen molar-refractivity contribution in [3.8, 4) is 0 Å². The predicted octanol–water partition coefficient (Wildman–Crippen LogP) is 2.81. The fourth-order valence-corrected chi connectivity index (χ4v) is 3.68. The van der Waals surface area contributed by atoms with Crippen LogP contribution in [0.5, 0.6) is 0 Å². The van der Waals surface area contributed by atoms with Crippen LogP contribution in [-0.4, -0.2) is 22.7 Å². The second-order valence-electron chi connectivity index (χ2n) is 6.34. The Morgan fingerprint density at radius 3 is 2.86 bits per heavy atom. The minimum absolute atomic E-state index is 0.377. The van der Waals surface area contributed by atoms with Gasteiger partial charge in [0.15, 0.2) is 5.82 Å². The molecule has 4 heteroatoms. The standard InChI is InChI=1S/C17H21N3O/c1-11-15(8-9-18-11)17-19-16(20-21-17)14-7-6-12-4-2-3-5-13(12)10-14/h2-5,11,14-15,18H,6-10H2,1H3. The van der Waals surface area contributed by atoms with Gasteiger partial charge < -0.3 is 9.84 Å². The molecule has 0 spiro atoms. The molecular weight excluding hydrogens is 262 g/mol. The summed E-state index contributed by atoms with van der Waals surface area (Å²) in [7, 11) is 0. The van der Waals surface area contributed by atoms with Gasteiger partial charge in [0.2, 0.25) is 5.89 Å². The first kappa shape index (κ1) is 13.0. The lowest BCUT2D eigenvalue weighted by molar-refractivity contribution is 0.338. The Morgan fingerprint density at radius 2 is 2.05 bits per heavy atom. The fourth-order valence-electron chi connectivity index (χ4n) is 3.68. The topological polar surface area (TPSA) is 51.0 Å². The molecule has 2 heterocycles. The highest BCUT2D eigenvalue weighted by Crippen LogP contribution is 2.33. The lowest BCUT2D eigenvalue weighted by Gasteiger charge is -2.21. The number of benzene rings is 1. The summed E-state index contributed by atoms with van der Waals surface area (Å²) >= 11 is 0. The predicted molar refractivity (Wildman–Crippen MR) is 80.3 cm³/mol. The highest BCUT2D eigenvalue weighted by Gasteiger charge is 2.31. The summed E-state index contributed by atoms with van der Waals surface area (Å²) in [5.74, 6) is 2.50. The number of aryl methyl sites for hydroxylation is 1. The molecule has 3 unspecified atom stereocenters. The van der Waals surface area contributed by atoms with E-state index in [0.717, 1.165) is 43.9 Å². The van der Waals surface area contributed by atoms with Crippen molar-refractivity contribution in [1.29, 1.82) is 0 Å². The summed E-state index contributed by atoms with van der Waals surface area (Å²) in [6.45, 7) is 3.23. The molecule has 1 saturated heterocycles. The van der Waals surface area contributed by atoms with E-state index in [9.17, 15) is 0 Å². The summed E-state index contributed by atoms with van der Waals surface area (Å²) in [6, 6.07) is 9.14. The van der Waals surface area contributed by atoms with Crippen LogP contribution in [0.1, 0.15) is 54.4 Å². The van der Waals surface area contributed by atoms with Gasteiger partial charge in [0.05, 0.1) is 5.92 Å². The monoisotopic (exact) mass is 283 g/mol. The third-order valence-corrected chi connectivity index (χ3v) is 5.01. The molecule has 0 saturated carbocycles. The van der Waals surface area contributed by atoms with Gasteiger partial charge in [-0.1, -0.05) is 29.4 Å². The minimum atomic E-state index is 0.377. The van der Waals surface area contributed by atoms with Crippen LogP contribution in [0.3, 0.4) is 0 Å². The maximum absolute atomic E-state index is 5.56. The molecule has 1 N–H and O–H groups in total. The van der Waals surface area contributed by atoms with Crippen molar-refractivity contribution < 1.29 is 4.52 Å². The molecule has 3 atom stereocenters. The molecule has 2 aromatic rings. The molecule has 0 bridgehead atoms. The van der Waals surface area contributed by atoms with Gasteiger partial charge in [-0.25, -0.2) is 0 Å². The number of nitrogens with one attached hydrogen (secondary N) is 1. The van der Waals surface area contributed by atoms with Gasteiger partial charge in [-0.05, 0) is 50.3 Å². The second kappa shape index (κ2) is 5.26. The third kappa shape index (κ3) is 2.38. The highest BCUT2D eigenvalue weighted by atomic mass is 16.5. The molecule has 0 radical (unpaired) electrons. The van der Waals surface area contributed by atoms with E-state index < -0.39 is 0 Å². The molecule has 4 nitrogen and oxygen atoms in total. The zero-order valence-electron chi connectivity index (χ0n) is 12.4. The van der Waals surface area contributed by atoms with Gasteiger partial charge in [-0.2, -0.15) is 4.98 Å². The number of aromatic nitrogens is 2. The largest absolute Gasteiger partial charge is 0.339 e. The summed E-state index contributed by atoms with van der Waals surface area (Å²) in [6.07, 6.45) is 4.37. The fraction of sp³-hybridized carbons (Fsp3) is 0.529. The molecule has 1 aromatic carbocycles. The van der Waals surface area contributed by atoms with Crippen LogP contribution >= 0.6 is 0 Å². The van der Waals surface area contributed by atoms with Crippen molar-refractivity contribution in [3.05, 3.63) is 47.1 Å². The molecule has 0 amide bonds. The highest BCUT2D eigenvalue weighted by molar-refractivity contribution is 5.31. The van der Waals surface area contributed by atoms with Gasteiger partial charge in [0.25, 0.3) is 0 Å². The van der Waals surface area contributed by atoms with E-state index in [0.29, 0.717) is 17.9 Å². The van der Waals surface area contributed by atoms with E-state index in [-0.39, 0.29) is 0 Å². The van der Waals surface area contributed by atoms with Gasteiger partial charge in [0.1, 0.15) is 0 Å². The maximum Gasteiger partial charge on any atom is 0.231 e. The molecule has 2 aliphatic rings. The van der Waals surface area contributed by atoms with Crippen molar-refractivity contribution in [2.45, 2.75) is 50.5 Å². The van der Waals surface area contributed by atoms with Crippen molar-refractivity contribution in [2.24, 2.45) is 0 Å². The maximum atomic E-state index is 5.56. The summed E-state index contributed by atoms with van der Waals surface area (Å²) in [5.41, 5.74) is 2.92. The Bertz CT molecular complexity index is 636. The van der Waals surface area contributed by atoms with Crippen molar-refractivity contribution >= 4 is 0 Å². The van der Waals surface area contributed by atoms with Gasteiger partial charge in [-0.15, -0.1) is 0 Å². The molecule has 1 fully saturated rings. The molecule has 1 aliphatic heterocycles. The van der Waals surface area contributed by atoms with Gasteiger partial charge in [-0.3, -0.25) is 0 Å². The average Bonchev–Trinajstić information content (AvgIpc) is 3.15. The minimum Gasteiger partial charge on any atom is -0.339 e. The smallest absolute Gasteiger partial charge is 0.231 e. The van der Waals surface area contributed by atoms with E-state index in [1.54, 1.807) is 0 Å². The normalized spacial score (nSPS) is 28.5. The molecule has 1 aliphatic carbocycles. The summed E-state index contributed by atoms with van der Waals surface area (Å²) in [5, 5.41) is 7.72. The molecule has 4 rings (SSSR count). The van der Waals surface area contributed by atoms with Crippen LogP contribution < -0.4 is 5.32 Å². The zero-order valence-corrected chi connectivity index (χ0v) is 12.4. The van der Waals surface area contributed by atoms with E-state index in [2.05, 4.69) is 41.7 Å². The van der Waals surface area contributed by atoms with Crippen LogP contribution in [0.2, 0.25) is 0 Å². The number of nitrogens with zero attached hydrogens (tertiary/aromatic N) is 2. The number of fused-ring (bicyclic) bond motifs is 1. The van der Waals surface area contributed by atoms with E-state index in [1.807, 2.05) is 0 Å². The Balaban J connectivity index is 1.54. The Morgan fingerprint density at radius 1 is 1.19 bits per heavy atom. The van der Waals surface area contributed by atoms with Crippen molar-refractivity contribution in [2.75, 3.05) is 6.54 Å². The number of hydrogen-bond donors (Lipinski definition) is 1. The molecule has 110 valence electrons. The quantitative estimate of drug-likeness (QED) is 0.921. The van der Waals surface area contributed by atoms with E-state index in [1.165, 1.54) is 11.1 Å². The number of rotatable bonds is 2. The first-order chi connectivity index (χ1) is 10.3.